The number of aryl methyl sites for hydroxylation is 2. The Morgan fingerprint density at radius 3 is 2.58 bits per heavy atom. The number of anilines is 1. The second kappa shape index (κ2) is 8.01. The van der Waals surface area contributed by atoms with Crippen molar-refractivity contribution in [1.82, 2.24) is 4.98 Å². The second-order valence-electron chi connectivity index (χ2n) is 6.91. The van der Waals surface area contributed by atoms with Crippen molar-refractivity contribution < 1.29 is 4.79 Å². The summed E-state index contributed by atoms with van der Waals surface area (Å²) >= 11 is 0. The summed E-state index contributed by atoms with van der Waals surface area (Å²) in [5, 5.41) is 12.2. The van der Waals surface area contributed by atoms with Gasteiger partial charge in [0, 0.05) is 17.8 Å². The minimum atomic E-state index is -0.378. The van der Waals surface area contributed by atoms with Gasteiger partial charge in [0.05, 0.1) is 0 Å². The molecule has 0 saturated carbocycles. The van der Waals surface area contributed by atoms with Gasteiger partial charge in [-0.15, -0.1) is 0 Å². The first-order chi connectivity index (χ1) is 12.3. The van der Waals surface area contributed by atoms with Crippen molar-refractivity contribution in [3.05, 3.63) is 62.1 Å². The van der Waals surface area contributed by atoms with Crippen LogP contribution in [-0.2, 0) is 11.2 Å². The highest BCUT2D eigenvalue weighted by molar-refractivity contribution is 5.92. The molecular weight excluding hydrogens is 326 g/mol. The largest absolute Gasteiger partial charge is 0.326 e. The Kier molecular flexibility index (Phi) is 5.99. The first-order valence-corrected chi connectivity index (χ1v) is 8.78. The summed E-state index contributed by atoms with van der Waals surface area (Å²) in [5.41, 5.74) is 4.97. The molecular formula is C21H25N3O2. The fraction of sp³-hybridized carbons (Fsp3) is 0.381. The highest BCUT2D eigenvalue weighted by atomic mass is 16.1. The molecule has 0 aliphatic rings. The number of nitrogens with one attached hydrogen (secondary N) is 2. The fourth-order valence-electron chi connectivity index (χ4n) is 3.20. The Balaban J connectivity index is 2.19. The summed E-state index contributed by atoms with van der Waals surface area (Å²) in [7, 11) is 0. The average molecular weight is 351 g/mol. The van der Waals surface area contributed by atoms with Crippen molar-refractivity contribution in [1.29, 1.82) is 5.26 Å². The van der Waals surface area contributed by atoms with Crippen LogP contribution in [0.1, 0.15) is 59.7 Å². The van der Waals surface area contributed by atoms with Crippen LogP contribution < -0.4 is 10.9 Å². The van der Waals surface area contributed by atoms with E-state index in [2.05, 4.69) is 24.1 Å². The van der Waals surface area contributed by atoms with E-state index < -0.39 is 0 Å². The van der Waals surface area contributed by atoms with Crippen LogP contribution in [0.25, 0.3) is 0 Å². The predicted molar refractivity (Wildman–Crippen MR) is 103 cm³/mol. The summed E-state index contributed by atoms with van der Waals surface area (Å²) < 4.78 is 0. The van der Waals surface area contributed by atoms with Crippen molar-refractivity contribution in [3.63, 3.8) is 0 Å². The summed E-state index contributed by atoms with van der Waals surface area (Å²) in [4.78, 5) is 27.0. The maximum Gasteiger partial charge on any atom is 0.266 e. The van der Waals surface area contributed by atoms with Crippen LogP contribution in [-0.4, -0.2) is 10.9 Å². The number of para-hydroxylation sites is 1. The highest BCUT2D eigenvalue weighted by Gasteiger charge is 2.15. The van der Waals surface area contributed by atoms with E-state index in [9.17, 15) is 9.59 Å². The monoisotopic (exact) mass is 351 g/mol. The average Bonchev–Trinajstić information content (AvgIpc) is 2.56. The number of carbonyl (C=O) groups excluding carboxylic acids is 1. The molecule has 0 fully saturated rings. The molecule has 0 spiro atoms. The zero-order valence-electron chi connectivity index (χ0n) is 16.0. The van der Waals surface area contributed by atoms with Gasteiger partial charge < -0.3 is 10.3 Å². The van der Waals surface area contributed by atoms with Crippen LogP contribution in [0.3, 0.4) is 0 Å². The molecule has 2 aromatic rings. The first-order valence-electron chi connectivity index (χ1n) is 8.78. The van der Waals surface area contributed by atoms with Crippen LogP contribution in [0, 0.1) is 32.1 Å². The third kappa shape index (κ3) is 4.02. The number of hydrogen-bond donors (Lipinski definition) is 2. The van der Waals surface area contributed by atoms with E-state index in [0.717, 1.165) is 22.4 Å². The minimum absolute atomic E-state index is 0.0790. The maximum atomic E-state index is 12.5. The summed E-state index contributed by atoms with van der Waals surface area (Å²) in [6.45, 7) is 9.73. The number of rotatable bonds is 5. The Bertz CT molecular complexity index is 933. The van der Waals surface area contributed by atoms with E-state index in [0.29, 0.717) is 23.6 Å². The topological polar surface area (TPSA) is 85.8 Å². The molecule has 2 rings (SSSR count). The normalized spacial score (nSPS) is 10.7. The molecule has 0 saturated heterocycles. The van der Waals surface area contributed by atoms with Gasteiger partial charge in [0.2, 0.25) is 5.91 Å². The maximum absolute atomic E-state index is 12.5. The number of carbonyl (C=O) groups is 1. The van der Waals surface area contributed by atoms with Gasteiger partial charge in [-0.3, -0.25) is 9.59 Å². The van der Waals surface area contributed by atoms with Gasteiger partial charge >= 0.3 is 0 Å². The van der Waals surface area contributed by atoms with Gasteiger partial charge in [0.25, 0.3) is 5.56 Å². The Morgan fingerprint density at radius 1 is 1.27 bits per heavy atom. The number of pyridine rings is 1. The lowest BCUT2D eigenvalue weighted by molar-refractivity contribution is -0.116. The highest BCUT2D eigenvalue weighted by Crippen LogP contribution is 2.27. The number of benzene rings is 1. The number of amides is 1. The standard InChI is InChI=1S/C21H25N3O2/c1-12(2)16-8-6-7-13(3)20(16)24-19(25)10-9-17-14(4)18(11-22)21(26)23-15(17)5/h6-8,12H,9-10H2,1-5H3,(H,23,26)(H,24,25). The Morgan fingerprint density at radius 2 is 1.96 bits per heavy atom. The van der Waals surface area contributed by atoms with Crippen molar-refractivity contribution in [3.8, 4) is 6.07 Å². The zero-order valence-corrected chi connectivity index (χ0v) is 16.0. The van der Waals surface area contributed by atoms with Gasteiger partial charge in [-0.2, -0.15) is 5.26 Å². The minimum Gasteiger partial charge on any atom is -0.326 e. The van der Waals surface area contributed by atoms with Gasteiger partial charge in [-0.25, -0.2) is 0 Å². The molecule has 0 bridgehead atoms. The zero-order chi connectivity index (χ0) is 19.4. The van der Waals surface area contributed by atoms with Gasteiger partial charge in [-0.1, -0.05) is 32.0 Å². The smallest absolute Gasteiger partial charge is 0.266 e. The lowest BCUT2D eigenvalue weighted by atomic mass is 9.97. The lowest BCUT2D eigenvalue weighted by Crippen LogP contribution is -2.19. The molecule has 0 unspecified atom stereocenters. The molecule has 5 nitrogen and oxygen atoms in total. The second-order valence-corrected chi connectivity index (χ2v) is 6.91. The number of nitrogens with zero attached hydrogens (tertiary/aromatic N) is 1. The first kappa shape index (κ1) is 19.5. The number of nitriles is 1. The van der Waals surface area contributed by atoms with Gasteiger partial charge in [0.15, 0.2) is 0 Å². The number of aromatic nitrogens is 1. The SMILES string of the molecule is Cc1cccc(C(C)C)c1NC(=O)CCc1c(C)[nH]c(=O)c(C#N)c1C. The molecule has 2 N–H and O–H groups in total. The van der Waals surface area contributed by atoms with Crippen LogP contribution in [0.2, 0.25) is 0 Å². The number of hydrogen-bond acceptors (Lipinski definition) is 3. The van der Waals surface area contributed by atoms with E-state index in [1.165, 1.54) is 0 Å². The van der Waals surface area contributed by atoms with E-state index >= 15 is 0 Å². The third-order valence-corrected chi connectivity index (χ3v) is 4.71. The van der Waals surface area contributed by atoms with Crippen LogP contribution in [0.15, 0.2) is 23.0 Å². The lowest BCUT2D eigenvalue weighted by Gasteiger charge is -2.17. The molecule has 0 aliphatic carbocycles. The number of H-pyrrole nitrogens is 1. The van der Waals surface area contributed by atoms with Crippen molar-refractivity contribution in [2.45, 2.75) is 53.4 Å². The van der Waals surface area contributed by atoms with Crippen LogP contribution in [0.4, 0.5) is 5.69 Å². The van der Waals surface area contributed by atoms with Crippen molar-refractivity contribution >= 4 is 11.6 Å². The summed E-state index contributed by atoms with van der Waals surface area (Å²) in [6, 6.07) is 7.95. The van der Waals surface area contributed by atoms with E-state index in [-0.39, 0.29) is 23.5 Å². The predicted octanol–water partition coefficient (Wildman–Crippen LogP) is 3.87. The Labute approximate surface area is 154 Å². The summed E-state index contributed by atoms with van der Waals surface area (Å²) in [5.74, 6) is 0.233. The quantitative estimate of drug-likeness (QED) is 0.857. The molecule has 136 valence electrons. The molecule has 0 radical (unpaired) electrons. The van der Waals surface area contributed by atoms with Crippen LogP contribution >= 0.6 is 0 Å². The van der Waals surface area contributed by atoms with Crippen molar-refractivity contribution in [2.75, 3.05) is 5.32 Å². The fourth-order valence-corrected chi connectivity index (χ4v) is 3.20. The summed E-state index contributed by atoms with van der Waals surface area (Å²) in [6.07, 6.45) is 0.752. The van der Waals surface area contributed by atoms with Crippen molar-refractivity contribution in [2.24, 2.45) is 0 Å². The number of aromatic amines is 1. The molecule has 1 heterocycles. The molecule has 1 aromatic heterocycles. The molecule has 1 amide bonds. The van der Waals surface area contributed by atoms with E-state index in [1.54, 1.807) is 13.8 Å². The molecule has 1 aromatic carbocycles. The van der Waals surface area contributed by atoms with E-state index in [4.69, 9.17) is 5.26 Å². The van der Waals surface area contributed by atoms with Crippen LogP contribution in [0.5, 0.6) is 0 Å². The molecule has 5 heteroatoms. The third-order valence-electron chi connectivity index (χ3n) is 4.71. The van der Waals surface area contributed by atoms with E-state index in [1.807, 2.05) is 31.2 Å². The molecule has 0 atom stereocenters. The Hall–Kier alpha value is -2.87. The van der Waals surface area contributed by atoms with Gasteiger partial charge in [-0.05, 0) is 55.4 Å². The van der Waals surface area contributed by atoms with Gasteiger partial charge in [0.1, 0.15) is 11.6 Å². The molecule has 26 heavy (non-hydrogen) atoms. The molecule has 0 aliphatic heterocycles.